The van der Waals surface area contributed by atoms with E-state index in [1.807, 2.05) is 18.7 Å². The molecule has 0 saturated heterocycles. The van der Waals surface area contributed by atoms with Gasteiger partial charge in [-0.25, -0.2) is 0 Å². The Kier molecular flexibility index (Phi) is 3.29. The van der Waals surface area contributed by atoms with E-state index in [1.165, 1.54) is 12.1 Å². The molecule has 5 heteroatoms. The fourth-order valence-corrected chi connectivity index (χ4v) is 3.45. The minimum Gasteiger partial charge on any atom is -0.465 e. The van der Waals surface area contributed by atoms with Crippen LogP contribution in [0, 0.1) is 17.8 Å². The zero-order chi connectivity index (χ0) is 13.4. The summed E-state index contributed by atoms with van der Waals surface area (Å²) in [6, 6.07) is 0. The highest BCUT2D eigenvalue weighted by atomic mass is 16.5. The zero-order valence-corrected chi connectivity index (χ0v) is 11.6. The Morgan fingerprint density at radius 3 is 2.84 bits per heavy atom. The molecule has 2 aliphatic rings. The van der Waals surface area contributed by atoms with Crippen molar-refractivity contribution < 1.29 is 9.53 Å². The van der Waals surface area contributed by atoms with E-state index in [9.17, 15) is 4.79 Å². The van der Waals surface area contributed by atoms with Gasteiger partial charge in [0.05, 0.1) is 18.0 Å². The predicted molar refractivity (Wildman–Crippen MR) is 69.4 cm³/mol. The standard InChI is InChI=1S/C14H21N3O2/c1-3-14(18)19-8-11-9-4-6-12-13(7-5-10(9)11)17(2)16-15-12/h9-11H,3-8H2,1-2H3. The number of hydrogen-bond acceptors (Lipinski definition) is 4. The summed E-state index contributed by atoms with van der Waals surface area (Å²) in [5.74, 6) is 1.96. The molecule has 1 saturated carbocycles. The fraction of sp³-hybridized carbons (Fsp3) is 0.786. The number of carbonyl (C=O) groups excluding carboxylic acids is 1. The highest BCUT2D eigenvalue weighted by Crippen LogP contribution is 2.52. The van der Waals surface area contributed by atoms with Crippen LogP contribution in [0.25, 0.3) is 0 Å². The average Bonchev–Trinajstić information content (AvgIpc) is 2.93. The van der Waals surface area contributed by atoms with Crippen molar-refractivity contribution >= 4 is 5.97 Å². The number of ether oxygens (including phenoxy) is 1. The first kappa shape index (κ1) is 12.6. The molecule has 104 valence electrons. The number of esters is 1. The molecule has 3 rings (SSSR count). The number of nitrogens with zero attached hydrogens (tertiary/aromatic N) is 3. The van der Waals surface area contributed by atoms with Gasteiger partial charge in [-0.15, -0.1) is 5.10 Å². The van der Waals surface area contributed by atoms with E-state index >= 15 is 0 Å². The molecule has 0 radical (unpaired) electrons. The van der Waals surface area contributed by atoms with Gasteiger partial charge in [0.25, 0.3) is 0 Å². The Bertz CT molecular complexity index is 483. The van der Waals surface area contributed by atoms with Crippen molar-refractivity contribution in [1.82, 2.24) is 15.0 Å². The van der Waals surface area contributed by atoms with E-state index in [0.717, 1.165) is 36.8 Å². The summed E-state index contributed by atoms with van der Waals surface area (Å²) in [6.45, 7) is 2.46. The third kappa shape index (κ3) is 2.38. The summed E-state index contributed by atoms with van der Waals surface area (Å²) in [5, 5.41) is 8.36. The van der Waals surface area contributed by atoms with Crippen LogP contribution < -0.4 is 0 Å². The maximum absolute atomic E-state index is 11.2. The number of fused-ring (bicyclic) bond motifs is 2. The van der Waals surface area contributed by atoms with E-state index in [2.05, 4.69) is 10.3 Å². The van der Waals surface area contributed by atoms with E-state index in [-0.39, 0.29) is 5.97 Å². The van der Waals surface area contributed by atoms with Crippen LogP contribution in [0.2, 0.25) is 0 Å². The lowest BCUT2D eigenvalue weighted by Crippen LogP contribution is -2.06. The van der Waals surface area contributed by atoms with Crippen LogP contribution >= 0.6 is 0 Å². The molecule has 3 unspecified atom stereocenters. The molecular weight excluding hydrogens is 242 g/mol. The van der Waals surface area contributed by atoms with Gasteiger partial charge in [-0.2, -0.15) is 0 Å². The van der Waals surface area contributed by atoms with Crippen LogP contribution in [0.1, 0.15) is 37.6 Å². The van der Waals surface area contributed by atoms with Gasteiger partial charge in [0.15, 0.2) is 0 Å². The Labute approximate surface area is 113 Å². The molecule has 1 fully saturated rings. The highest BCUT2D eigenvalue weighted by molar-refractivity contribution is 5.68. The summed E-state index contributed by atoms with van der Waals surface area (Å²) in [7, 11) is 1.97. The van der Waals surface area contributed by atoms with Crippen LogP contribution in [0.5, 0.6) is 0 Å². The number of rotatable bonds is 3. The van der Waals surface area contributed by atoms with E-state index in [0.29, 0.717) is 18.9 Å². The van der Waals surface area contributed by atoms with Crippen molar-refractivity contribution in [3.63, 3.8) is 0 Å². The van der Waals surface area contributed by atoms with Crippen molar-refractivity contribution in [1.29, 1.82) is 0 Å². The van der Waals surface area contributed by atoms with E-state index in [4.69, 9.17) is 4.74 Å². The molecule has 0 N–H and O–H groups in total. The predicted octanol–water partition coefficient (Wildman–Crippen LogP) is 1.51. The molecule has 0 bridgehead atoms. The second-order valence-corrected chi connectivity index (χ2v) is 5.71. The molecule has 0 amide bonds. The second-order valence-electron chi connectivity index (χ2n) is 5.71. The number of aryl methyl sites for hydroxylation is 2. The third-order valence-corrected chi connectivity index (χ3v) is 4.69. The zero-order valence-electron chi connectivity index (χ0n) is 11.6. The summed E-state index contributed by atoms with van der Waals surface area (Å²) in [5.41, 5.74) is 2.45. The number of aromatic nitrogens is 3. The maximum Gasteiger partial charge on any atom is 0.305 e. The lowest BCUT2D eigenvalue weighted by atomic mass is 10.0. The van der Waals surface area contributed by atoms with Crippen LogP contribution in [-0.4, -0.2) is 27.6 Å². The highest BCUT2D eigenvalue weighted by Gasteiger charge is 2.50. The Hall–Kier alpha value is -1.39. The van der Waals surface area contributed by atoms with Gasteiger partial charge in [0.1, 0.15) is 0 Å². The summed E-state index contributed by atoms with van der Waals surface area (Å²) in [4.78, 5) is 11.2. The number of hydrogen-bond donors (Lipinski definition) is 0. The Balaban J connectivity index is 1.59. The van der Waals surface area contributed by atoms with Crippen molar-refractivity contribution in [2.75, 3.05) is 6.61 Å². The third-order valence-electron chi connectivity index (χ3n) is 4.69. The molecule has 19 heavy (non-hydrogen) atoms. The molecule has 0 aromatic carbocycles. The summed E-state index contributed by atoms with van der Waals surface area (Å²) < 4.78 is 7.21. The smallest absolute Gasteiger partial charge is 0.305 e. The summed E-state index contributed by atoms with van der Waals surface area (Å²) in [6.07, 6.45) is 4.88. The lowest BCUT2D eigenvalue weighted by Gasteiger charge is -2.07. The molecule has 5 nitrogen and oxygen atoms in total. The quantitative estimate of drug-likeness (QED) is 0.776. The molecule has 2 aliphatic carbocycles. The van der Waals surface area contributed by atoms with Crippen LogP contribution in [0.4, 0.5) is 0 Å². The summed E-state index contributed by atoms with van der Waals surface area (Å²) >= 11 is 0. The first-order valence-electron chi connectivity index (χ1n) is 7.23. The Morgan fingerprint density at radius 1 is 1.37 bits per heavy atom. The monoisotopic (exact) mass is 263 g/mol. The molecule has 0 aliphatic heterocycles. The first-order valence-corrected chi connectivity index (χ1v) is 7.23. The van der Waals surface area contributed by atoms with Gasteiger partial charge in [0.2, 0.25) is 0 Å². The lowest BCUT2D eigenvalue weighted by molar-refractivity contribution is -0.143. The maximum atomic E-state index is 11.2. The minimum atomic E-state index is -0.0755. The van der Waals surface area contributed by atoms with Gasteiger partial charge in [-0.1, -0.05) is 12.1 Å². The number of carbonyl (C=O) groups is 1. The van der Waals surface area contributed by atoms with Crippen LogP contribution in [0.3, 0.4) is 0 Å². The average molecular weight is 263 g/mol. The molecule has 1 aromatic rings. The fourth-order valence-electron chi connectivity index (χ4n) is 3.45. The normalized spacial score (nSPS) is 28.8. The molecule has 0 spiro atoms. The van der Waals surface area contributed by atoms with Crippen molar-refractivity contribution in [3.05, 3.63) is 11.4 Å². The van der Waals surface area contributed by atoms with Gasteiger partial charge < -0.3 is 4.74 Å². The van der Waals surface area contributed by atoms with E-state index in [1.54, 1.807) is 0 Å². The molecule has 1 aromatic heterocycles. The van der Waals surface area contributed by atoms with Gasteiger partial charge in [-0.05, 0) is 43.4 Å². The van der Waals surface area contributed by atoms with Crippen LogP contribution in [0.15, 0.2) is 0 Å². The SMILES string of the molecule is CCC(=O)OCC1C2CCc3nnn(C)c3CCC21. The van der Waals surface area contributed by atoms with Crippen molar-refractivity contribution in [2.24, 2.45) is 24.8 Å². The largest absolute Gasteiger partial charge is 0.465 e. The van der Waals surface area contributed by atoms with Gasteiger partial charge >= 0.3 is 5.97 Å². The van der Waals surface area contributed by atoms with Gasteiger partial charge in [-0.3, -0.25) is 9.48 Å². The Morgan fingerprint density at radius 2 is 2.11 bits per heavy atom. The first-order chi connectivity index (χ1) is 9.20. The van der Waals surface area contributed by atoms with E-state index < -0.39 is 0 Å². The topological polar surface area (TPSA) is 57.0 Å². The molecule has 1 heterocycles. The minimum absolute atomic E-state index is 0.0755. The molecule has 3 atom stereocenters. The molecular formula is C14H21N3O2. The van der Waals surface area contributed by atoms with Crippen molar-refractivity contribution in [3.8, 4) is 0 Å². The second kappa shape index (κ2) is 4.94. The van der Waals surface area contributed by atoms with Crippen molar-refractivity contribution in [2.45, 2.75) is 39.0 Å². The van der Waals surface area contributed by atoms with Gasteiger partial charge in [0, 0.05) is 13.5 Å². The van der Waals surface area contributed by atoms with Crippen LogP contribution in [-0.2, 0) is 29.4 Å².